The third-order valence-corrected chi connectivity index (χ3v) is 2.68. The highest BCUT2D eigenvalue weighted by molar-refractivity contribution is 6.04. The Balaban J connectivity index is 2.48. The number of pyridine rings is 1. The van der Waals surface area contributed by atoms with Crippen LogP contribution in [0.25, 0.3) is 10.9 Å². The molecule has 4 heteroatoms. The third-order valence-electron chi connectivity index (χ3n) is 2.68. The van der Waals surface area contributed by atoms with Gasteiger partial charge in [0.05, 0.1) is 16.7 Å². The van der Waals surface area contributed by atoms with Crippen LogP contribution < -0.4 is 11.1 Å². The molecule has 3 N–H and O–H groups in total. The highest BCUT2D eigenvalue weighted by Gasteiger charge is 2.22. The van der Waals surface area contributed by atoms with Gasteiger partial charge in [0, 0.05) is 11.1 Å². The Kier molecular flexibility index (Phi) is 3.05. The number of hydrogen-bond acceptors (Lipinski definition) is 3. The molecule has 2 rings (SSSR count). The molecule has 0 aliphatic carbocycles. The van der Waals surface area contributed by atoms with Crippen molar-refractivity contribution in [3.63, 3.8) is 0 Å². The highest BCUT2D eigenvalue weighted by Crippen LogP contribution is 2.23. The van der Waals surface area contributed by atoms with Crippen molar-refractivity contribution >= 4 is 22.5 Å². The first-order valence-corrected chi connectivity index (χ1v) is 5.84. The molecule has 0 atom stereocenters. The molecule has 0 saturated carbocycles. The van der Waals surface area contributed by atoms with Crippen molar-refractivity contribution < 1.29 is 4.79 Å². The zero-order valence-electron chi connectivity index (χ0n) is 10.8. The van der Waals surface area contributed by atoms with E-state index in [1.165, 1.54) is 0 Å². The molecule has 0 bridgehead atoms. The van der Waals surface area contributed by atoms with Gasteiger partial charge in [-0.15, -0.1) is 0 Å². The fourth-order valence-corrected chi connectivity index (χ4v) is 1.69. The maximum absolute atomic E-state index is 11.9. The molecule has 18 heavy (non-hydrogen) atoms. The Morgan fingerprint density at radius 2 is 2.00 bits per heavy atom. The van der Waals surface area contributed by atoms with E-state index in [-0.39, 0.29) is 5.91 Å². The van der Waals surface area contributed by atoms with Crippen molar-refractivity contribution in [2.45, 2.75) is 26.3 Å². The van der Waals surface area contributed by atoms with E-state index in [4.69, 9.17) is 5.73 Å². The number of carbonyl (C=O) groups is 1. The molecule has 0 saturated heterocycles. The highest BCUT2D eigenvalue weighted by atomic mass is 16.2. The molecule has 0 radical (unpaired) electrons. The van der Waals surface area contributed by atoms with Gasteiger partial charge in [-0.05, 0) is 32.9 Å². The maximum atomic E-state index is 11.9. The first-order valence-electron chi connectivity index (χ1n) is 5.84. The van der Waals surface area contributed by atoms with Crippen molar-refractivity contribution in [3.8, 4) is 0 Å². The predicted molar refractivity (Wildman–Crippen MR) is 73.4 cm³/mol. The Hall–Kier alpha value is -1.94. The lowest BCUT2D eigenvalue weighted by Crippen LogP contribution is -2.45. The van der Waals surface area contributed by atoms with E-state index < -0.39 is 5.54 Å². The Labute approximate surface area is 106 Å². The van der Waals surface area contributed by atoms with Crippen LogP contribution in [0.4, 0.5) is 5.69 Å². The lowest BCUT2D eigenvalue weighted by Gasteiger charge is -2.18. The first-order chi connectivity index (χ1) is 8.38. The SMILES string of the molecule is Cc1cc(NC(=O)C(C)(C)N)c2ccccc2n1. The smallest absolute Gasteiger partial charge is 0.243 e. The van der Waals surface area contributed by atoms with Gasteiger partial charge in [0.15, 0.2) is 0 Å². The molecule has 0 unspecified atom stereocenters. The van der Waals surface area contributed by atoms with Gasteiger partial charge >= 0.3 is 0 Å². The van der Waals surface area contributed by atoms with E-state index in [1.807, 2.05) is 37.3 Å². The molecule has 94 valence electrons. The van der Waals surface area contributed by atoms with E-state index in [2.05, 4.69) is 10.3 Å². The molecular formula is C14H17N3O. The number of nitrogens with one attached hydrogen (secondary N) is 1. The number of rotatable bonds is 2. The average Bonchev–Trinajstić information content (AvgIpc) is 2.27. The number of para-hydroxylation sites is 1. The lowest BCUT2D eigenvalue weighted by atomic mass is 10.1. The quantitative estimate of drug-likeness (QED) is 0.849. The van der Waals surface area contributed by atoms with Crippen LogP contribution in [0.3, 0.4) is 0 Å². The maximum Gasteiger partial charge on any atom is 0.243 e. The lowest BCUT2D eigenvalue weighted by molar-refractivity contribution is -0.120. The van der Waals surface area contributed by atoms with Crippen LogP contribution in [-0.4, -0.2) is 16.4 Å². The van der Waals surface area contributed by atoms with Crippen molar-refractivity contribution in [1.82, 2.24) is 4.98 Å². The summed E-state index contributed by atoms with van der Waals surface area (Å²) in [6, 6.07) is 9.55. The normalized spacial score (nSPS) is 11.6. The van der Waals surface area contributed by atoms with Crippen molar-refractivity contribution in [3.05, 3.63) is 36.0 Å². The second-order valence-electron chi connectivity index (χ2n) is 5.00. The van der Waals surface area contributed by atoms with Crippen LogP contribution in [0.1, 0.15) is 19.5 Å². The van der Waals surface area contributed by atoms with E-state index in [1.54, 1.807) is 13.8 Å². The molecule has 0 fully saturated rings. The zero-order chi connectivity index (χ0) is 13.3. The number of amides is 1. The summed E-state index contributed by atoms with van der Waals surface area (Å²) in [7, 11) is 0. The standard InChI is InChI=1S/C14H17N3O/c1-9-8-12(17-13(18)14(2,3)15)10-6-4-5-7-11(10)16-9/h4-8H,15H2,1-3H3,(H,16,17,18). The second-order valence-corrected chi connectivity index (χ2v) is 5.00. The number of nitrogens with two attached hydrogens (primary N) is 1. The summed E-state index contributed by atoms with van der Waals surface area (Å²) < 4.78 is 0. The summed E-state index contributed by atoms with van der Waals surface area (Å²) in [4.78, 5) is 16.4. The van der Waals surface area contributed by atoms with E-state index in [0.717, 1.165) is 22.3 Å². The minimum Gasteiger partial charge on any atom is -0.324 e. The van der Waals surface area contributed by atoms with Crippen molar-refractivity contribution in [1.29, 1.82) is 0 Å². The number of fused-ring (bicyclic) bond motifs is 1. The molecule has 4 nitrogen and oxygen atoms in total. The van der Waals surface area contributed by atoms with Gasteiger partial charge in [-0.25, -0.2) is 0 Å². The van der Waals surface area contributed by atoms with Gasteiger partial charge in [0.1, 0.15) is 0 Å². The molecule has 0 spiro atoms. The summed E-state index contributed by atoms with van der Waals surface area (Å²) in [5.74, 6) is -0.210. The molecule has 2 aromatic rings. The number of aryl methyl sites for hydroxylation is 1. The zero-order valence-corrected chi connectivity index (χ0v) is 10.8. The summed E-state index contributed by atoms with van der Waals surface area (Å²) in [5.41, 5.74) is 7.35. The van der Waals surface area contributed by atoms with Crippen LogP contribution in [0.15, 0.2) is 30.3 Å². The van der Waals surface area contributed by atoms with Gasteiger partial charge in [-0.2, -0.15) is 0 Å². The number of carbonyl (C=O) groups excluding carboxylic acids is 1. The largest absolute Gasteiger partial charge is 0.324 e. The fourth-order valence-electron chi connectivity index (χ4n) is 1.69. The third kappa shape index (κ3) is 2.49. The Morgan fingerprint density at radius 3 is 2.67 bits per heavy atom. The van der Waals surface area contributed by atoms with Crippen LogP contribution in [-0.2, 0) is 4.79 Å². The number of hydrogen-bond donors (Lipinski definition) is 2. The summed E-state index contributed by atoms with van der Waals surface area (Å²) >= 11 is 0. The van der Waals surface area contributed by atoms with E-state index in [9.17, 15) is 4.79 Å². The molecule has 1 heterocycles. The molecule has 1 aromatic heterocycles. The molecule has 1 aromatic carbocycles. The van der Waals surface area contributed by atoms with Crippen LogP contribution >= 0.6 is 0 Å². The second kappa shape index (κ2) is 4.38. The van der Waals surface area contributed by atoms with Crippen LogP contribution in [0.2, 0.25) is 0 Å². The van der Waals surface area contributed by atoms with Crippen molar-refractivity contribution in [2.24, 2.45) is 5.73 Å². The van der Waals surface area contributed by atoms with Gasteiger partial charge in [0.25, 0.3) is 0 Å². The van der Waals surface area contributed by atoms with Gasteiger partial charge in [-0.3, -0.25) is 9.78 Å². The monoisotopic (exact) mass is 243 g/mol. The van der Waals surface area contributed by atoms with Crippen molar-refractivity contribution in [2.75, 3.05) is 5.32 Å². The van der Waals surface area contributed by atoms with Gasteiger partial charge in [-0.1, -0.05) is 18.2 Å². The number of anilines is 1. The Morgan fingerprint density at radius 1 is 1.33 bits per heavy atom. The van der Waals surface area contributed by atoms with Crippen LogP contribution in [0, 0.1) is 6.92 Å². The number of aromatic nitrogens is 1. The minimum absolute atomic E-state index is 0.210. The minimum atomic E-state index is -0.904. The van der Waals surface area contributed by atoms with E-state index in [0.29, 0.717) is 0 Å². The first kappa shape index (κ1) is 12.5. The van der Waals surface area contributed by atoms with Crippen LogP contribution in [0.5, 0.6) is 0 Å². The number of benzene rings is 1. The fraction of sp³-hybridized carbons (Fsp3) is 0.286. The number of nitrogens with zero attached hydrogens (tertiary/aromatic N) is 1. The summed E-state index contributed by atoms with van der Waals surface area (Å²) in [5, 5.41) is 3.78. The molecule has 1 amide bonds. The summed E-state index contributed by atoms with van der Waals surface area (Å²) in [6.45, 7) is 5.26. The van der Waals surface area contributed by atoms with E-state index >= 15 is 0 Å². The molecule has 0 aliphatic heterocycles. The predicted octanol–water partition coefficient (Wildman–Crippen LogP) is 2.22. The average molecular weight is 243 g/mol. The van der Waals surface area contributed by atoms with Gasteiger partial charge < -0.3 is 11.1 Å². The molecule has 0 aliphatic rings. The topological polar surface area (TPSA) is 68.0 Å². The molecular weight excluding hydrogens is 226 g/mol. The Bertz CT molecular complexity index is 600. The van der Waals surface area contributed by atoms with Gasteiger partial charge in [0.2, 0.25) is 5.91 Å². The summed E-state index contributed by atoms with van der Waals surface area (Å²) in [6.07, 6.45) is 0.